The molecule has 0 aliphatic rings. The first-order valence-electron chi connectivity index (χ1n) is 6.31. The molecule has 4 nitrogen and oxygen atoms in total. The summed E-state index contributed by atoms with van der Waals surface area (Å²) in [5.41, 5.74) is 0.867. The van der Waals surface area contributed by atoms with Gasteiger partial charge in [-0.05, 0) is 49.7 Å². The maximum absolute atomic E-state index is 12.0. The second kappa shape index (κ2) is 6.78. The van der Waals surface area contributed by atoms with Crippen molar-refractivity contribution in [2.45, 2.75) is 20.0 Å². The molecule has 1 amide bonds. The van der Waals surface area contributed by atoms with E-state index in [1.54, 1.807) is 37.3 Å². The van der Waals surface area contributed by atoms with Crippen LogP contribution in [0.5, 0.6) is 5.75 Å². The van der Waals surface area contributed by atoms with Crippen molar-refractivity contribution in [2.75, 3.05) is 5.32 Å². The number of rotatable bonds is 4. The molecule has 2 rings (SSSR count). The summed E-state index contributed by atoms with van der Waals surface area (Å²) in [6, 6.07) is 8.51. The van der Waals surface area contributed by atoms with Gasteiger partial charge in [-0.1, -0.05) is 23.2 Å². The predicted molar refractivity (Wildman–Crippen MR) is 84.2 cm³/mol. The van der Waals surface area contributed by atoms with Crippen LogP contribution < -0.4 is 10.1 Å². The summed E-state index contributed by atoms with van der Waals surface area (Å²) >= 11 is 11.6. The van der Waals surface area contributed by atoms with Gasteiger partial charge in [0.25, 0.3) is 5.91 Å². The summed E-state index contributed by atoms with van der Waals surface area (Å²) in [5.74, 6) is 0.748. The number of pyridine rings is 1. The lowest BCUT2D eigenvalue weighted by atomic mass is 10.2. The third-order valence-corrected chi connectivity index (χ3v) is 3.25. The Kier molecular flexibility index (Phi) is 5.04. The molecule has 1 aromatic carbocycles. The fourth-order valence-electron chi connectivity index (χ4n) is 1.67. The number of nitrogens with one attached hydrogen (secondary N) is 1. The van der Waals surface area contributed by atoms with Crippen LogP contribution in [0.4, 0.5) is 5.82 Å². The van der Waals surface area contributed by atoms with Crippen molar-refractivity contribution >= 4 is 34.9 Å². The first-order valence-corrected chi connectivity index (χ1v) is 7.06. The lowest BCUT2D eigenvalue weighted by Crippen LogP contribution is -2.30. The molecule has 0 saturated carbocycles. The van der Waals surface area contributed by atoms with Crippen LogP contribution in [-0.2, 0) is 4.79 Å². The van der Waals surface area contributed by atoms with E-state index in [-0.39, 0.29) is 5.91 Å². The van der Waals surface area contributed by atoms with Crippen LogP contribution in [-0.4, -0.2) is 17.0 Å². The number of nitrogens with zero attached hydrogens (tertiary/aromatic N) is 1. The predicted octanol–water partition coefficient (Wildman–Crippen LogP) is 4.10. The minimum atomic E-state index is -0.664. The van der Waals surface area contributed by atoms with Crippen LogP contribution in [0.2, 0.25) is 10.0 Å². The monoisotopic (exact) mass is 324 g/mol. The van der Waals surface area contributed by atoms with Gasteiger partial charge in [-0.3, -0.25) is 4.79 Å². The molecule has 110 valence electrons. The average molecular weight is 325 g/mol. The number of amides is 1. The summed E-state index contributed by atoms with van der Waals surface area (Å²) < 4.78 is 5.63. The highest BCUT2D eigenvalue weighted by Crippen LogP contribution is 2.23. The molecule has 0 saturated heterocycles. The molecule has 0 bridgehead atoms. The molecule has 0 aliphatic carbocycles. The molecule has 6 heteroatoms. The lowest BCUT2D eigenvalue weighted by Gasteiger charge is -2.16. The number of hydrogen-bond donors (Lipinski definition) is 1. The zero-order valence-electron chi connectivity index (χ0n) is 11.6. The zero-order chi connectivity index (χ0) is 15.4. The van der Waals surface area contributed by atoms with Gasteiger partial charge in [0.05, 0.1) is 5.02 Å². The molecule has 1 heterocycles. The fraction of sp³-hybridized carbons (Fsp3) is 0.200. The Morgan fingerprint density at radius 1 is 1.24 bits per heavy atom. The first-order chi connectivity index (χ1) is 9.95. The van der Waals surface area contributed by atoms with Gasteiger partial charge in [-0.2, -0.15) is 0 Å². The van der Waals surface area contributed by atoms with Crippen molar-refractivity contribution in [1.29, 1.82) is 0 Å². The van der Waals surface area contributed by atoms with E-state index in [0.717, 1.165) is 5.56 Å². The second-order valence-corrected chi connectivity index (χ2v) is 5.39. The third kappa shape index (κ3) is 4.34. The summed E-state index contributed by atoms with van der Waals surface area (Å²) in [4.78, 5) is 16.0. The maximum atomic E-state index is 12.0. The smallest absolute Gasteiger partial charge is 0.266 e. The molecule has 0 unspecified atom stereocenters. The van der Waals surface area contributed by atoms with Crippen LogP contribution in [0.3, 0.4) is 0 Å². The van der Waals surface area contributed by atoms with E-state index in [4.69, 9.17) is 27.9 Å². The number of carbonyl (C=O) groups excluding carboxylic acids is 1. The van der Waals surface area contributed by atoms with Crippen LogP contribution in [0.1, 0.15) is 12.5 Å². The summed E-state index contributed by atoms with van der Waals surface area (Å²) in [6.45, 7) is 3.53. The number of aryl methyl sites for hydroxylation is 1. The number of hydrogen-bond acceptors (Lipinski definition) is 3. The van der Waals surface area contributed by atoms with Crippen molar-refractivity contribution in [1.82, 2.24) is 4.98 Å². The van der Waals surface area contributed by atoms with Gasteiger partial charge >= 0.3 is 0 Å². The first kappa shape index (κ1) is 15.6. The number of anilines is 1. The van der Waals surface area contributed by atoms with Gasteiger partial charge in [0.2, 0.25) is 0 Å². The summed E-state index contributed by atoms with van der Waals surface area (Å²) in [5, 5.41) is 3.80. The average Bonchev–Trinajstić information content (AvgIpc) is 2.44. The topological polar surface area (TPSA) is 51.2 Å². The number of halogens is 2. The standard InChI is InChI=1S/C15H14Cl2N2O2/c1-9-7-11(16)3-5-13(9)21-10(2)15(20)19-14-6-4-12(17)8-18-14/h3-8,10H,1-2H3,(H,18,19,20)/t10-/m1/s1. The third-order valence-electron chi connectivity index (χ3n) is 2.79. The molecule has 21 heavy (non-hydrogen) atoms. The molecule has 0 aliphatic heterocycles. The largest absolute Gasteiger partial charge is 0.481 e. The van der Waals surface area contributed by atoms with E-state index >= 15 is 0 Å². The van der Waals surface area contributed by atoms with Gasteiger partial charge in [0.1, 0.15) is 11.6 Å². The highest BCUT2D eigenvalue weighted by atomic mass is 35.5. The highest BCUT2D eigenvalue weighted by molar-refractivity contribution is 6.30. The van der Waals surface area contributed by atoms with Gasteiger partial charge in [-0.15, -0.1) is 0 Å². The number of carbonyl (C=O) groups is 1. The van der Waals surface area contributed by atoms with Gasteiger partial charge in [0, 0.05) is 11.2 Å². The summed E-state index contributed by atoms with van der Waals surface area (Å²) in [6.07, 6.45) is 0.800. The second-order valence-electron chi connectivity index (χ2n) is 4.52. The van der Waals surface area contributed by atoms with Crippen LogP contribution in [0.15, 0.2) is 36.5 Å². The van der Waals surface area contributed by atoms with E-state index in [9.17, 15) is 4.79 Å². The van der Waals surface area contributed by atoms with Gasteiger partial charge < -0.3 is 10.1 Å². The minimum Gasteiger partial charge on any atom is -0.481 e. The van der Waals surface area contributed by atoms with Crippen molar-refractivity contribution in [3.8, 4) is 5.75 Å². The van der Waals surface area contributed by atoms with Crippen molar-refractivity contribution in [3.63, 3.8) is 0 Å². The van der Waals surface area contributed by atoms with E-state index in [1.807, 2.05) is 6.92 Å². The quantitative estimate of drug-likeness (QED) is 0.921. The Balaban J connectivity index is 2.00. The molecular formula is C15H14Cl2N2O2. The molecule has 1 N–H and O–H groups in total. The molecule has 0 spiro atoms. The Labute approximate surface area is 133 Å². The van der Waals surface area contributed by atoms with Crippen molar-refractivity contribution in [2.24, 2.45) is 0 Å². The van der Waals surface area contributed by atoms with E-state index in [1.165, 1.54) is 6.20 Å². The fourth-order valence-corrected chi connectivity index (χ4v) is 2.01. The van der Waals surface area contributed by atoms with Gasteiger partial charge in [0.15, 0.2) is 6.10 Å². The number of aromatic nitrogens is 1. The molecule has 0 fully saturated rings. The SMILES string of the molecule is Cc1cc(Cl)ccc1O[C@H](C)C(=O)Nc1ccc(Cl)cn1. The number of ether oxygens (including phenoxy) is 1. The minimum absolute atomic E-state index is 0.292. The van der Waals surface area contributed by atoms with Crippen LogP contribution in [0.25, 0.3) is 0 Å². The number of benzene rings is 1. The Hall–Kier alpha value is -1.78. The van der Waals surface area contributed by atoms with Crippen LogP contribution >= 0.6 is 23.2 Å². The van der Waals surface area contributed by atoms with Gasteiger partial charge in [-0.25, -0.2) is 4.98 Å². The highest BCUT2D eigenvalue weighted by Gasteiger charge is 2.16. The Morgan fingerprint density at radius 2 is 1.95 bits per heavy atom. The molecular weight excluding hydrogens is 311 g/mol. The Morgan fingerprint density at radius 3 is 2.57 bits per heavy atom. The van der Waals surface area contributed by atoms with Crippen molar-refractivity contribution < 1.29 is 9.53 Å². The van der Waals surface area contributed by atoms with Crippen molar-refractivity contribution in [3.05, 3.63) is 52.1 Å². The van der Waals surface area contributed by atoms with E-state index < -0.39 is 6.10 Å². The normalized spacial score (nSPS) is 11.8. The maximum Gasteiger partial charge on any atom is 0.266 e. The molecule has 1 atom stereocenters. The van der Waals surface area contributed by atoms with E-state index in [0.29, 0.717) is 21.6 Å². The summed E-state index contributed by atoms with van der Waals surface area (Å²) in [7, 11) is 0. The Bertz CT molecular complexity index is 645. The molecule has 0 radical (unpaired) electrons. The van der Waals surface area contributed by atoms with E-state index in [2.05, 4.69) is 10.3 Å². The zero-order valence-corrected chi connectivity index (χ0v) is 13.1. The molecule has 2 aromatic rings. The molecule has 1 aromatic heterocycles. The lowest BCUT2D eigenvalue weighted by molar-refractivity contribution is -0.122. The van der Waals surface area contributed by atoms with Crippen LogP contribution in [0, 0.1) is 6.92 Å².